The van der Waals surface area contributed by atoms with Crippen molar-refractivity contribution in [1.29, 1.82) is 0 Å². The summed E-state index contributed by atoms with van der Waals surface area (Å²) in [5.41, 5.74) is -1.21. The summed E-state index contributed by atoms with van der Waals surface area (Å²) in [7, 11) is 0. The van der Waals surface area contributed by atoms with Crippen molar-refractivity contribution in [3.8, 4) is 11.8 Å². The van der Waals surface area contributed by atoms with E-state index in [-0.39, 0.29) is 26.4 Å². The van der Waals surface area contributed by atoms with E-state index >= 15 is 0 Å². The van der Waals surface area contributed by atoms with E-state index in [2.05, 4.69) is 32.3 Å². The molecule has 22 heavy (non-hydrogen) atoms. The molecule has 0 spiro atoms. The van der Waals surface area contributed by atoms with Crippen molar-refractivity contribution >= 4 is 0 Å². The molecule has 0 saturated heterocycles. The molecule has 0 fully saturated rings. The molecular weight excluding hydrogens is 280 g/mol. The molecule has 0 aliphatic carbocycles. The topological polar surface area (TPSA) is 58.9 Å². The molecule has 0 aliphatic heterocycles. The molecule has 2 N–H and O–H groups in total. The lowest BCUT2D eigenvalue weighted by molar-refractivity contribution is -0.0201. The van der Waals surface area contributed by atoms with Crippen LogP contribution in [0.1, 0.15) is 48.0 Å². The molecular formula is C18H34O4. The second-order valence-corrected chi connectivity index (χ2v) is 6.14. The van der Waals surface area contributed by atoms with Gasteiger partial charge in [0.15, 0.2) is 0 Å². The Morgan fingerprint density at radius 2 is 1.50 bits per heavy atom. The van der Waals surface area contributed by atoms with Gasteiger partial charge in [0.05, 0.1) is 26.4 Å². The van der Waals surface area contributed by atoms with Crippen LogP contribution in [0.2, 0.25) is 0 Å². The zero-order chi connectivity index (χ0) is 17.6. The minimum absolute atomic E-state index is 0.0141. The number of hydrogen-bond acceptors (Lipinski definition) is 4. The third-order valence-electron chi connectivity index (χ3n) is 2.49. The Bertz CT molecular complexity index is 339. The molecule has 0 bridgehead atoms. The molecule has 0 aromatic heterocycles. The summed E-state index contributed by atoms with van der Waals surface area (Å²) < 4.78 is 11.1. The van der Waals surface area contributed by atoms with E-state index in [9.17, 15) is 0 Å². The van der Waals surface area contributed by atoms with E-state index in [0.29, 0.717) is 5.92 Å². The van der Waals surface area contributed by atoms with Gasteiger partial charge < -0.3 is 19.7 Å². The van der Waals surface area contributed by atoms with Crippen molar-refractivity contribution in [1.82, 2.24) is 0 Å². The second-order valence-electron chi connectivity index (χ2n) is 6.14. The maximum atomic E-state index is 8.88. The Hall–Kier alpha value is -0.860. The first-order valence-electron chi connectivity index (χ1n) is 7.77. The highest BCUT2D eigenvalue weighted by atomic mass is 16.5. The van der Waals surface area contributed by atoms with Crippen LogP contribution in [0.15, 0.2) is 12.7 Å². The average molecular weight is 314 g/mol. The quantitative estimate of drug-likeness (QED) is 0.534. The van der Waals surface area contributed by atoms with E-state index in [4.69, 9.17) is 19.7 Å². The predicted octanol–water partition coefficient (Wildman–Crippen LogP) is 2.78. The molecule has 0 heterocycles. The number of allylic oxidation sites excluding steroid dienone is 1. The summed E-state index contributed by atoms with van der Waals surface area (Å²) in [5, 5.41) is 17.6. The highest BCUT2D eigenvalue weighted by Crippen LogP contribution is 2.21. The van der Waals surface area contributed by atoms with Crippen LogP contribution in [0.4, 0.5) is 0 Å². The van der Waals surface area contributed by atoms with E-state index in [1.165, 1.54) is 0 Å². The maximum absolute atomic E-state index is 8.88. The molecule has 4 heteroatoms. The Kier molecular flexibility index (Phi) is 13.5. The van der Waals surface area contributed by atoms with Crippen LogP contribution < -0.4 is 0 Å². The van der Waals surface area contributed by atoms with Crippen LogP contribution in [-0.2, 0) is 9.47 Å². The highest BCUT2D eigenvalue weighted by molar-refractivity contribution is 5.19. The number of aliphatic hydroxyl groups excluding tert-OH is 2. The average Bonchev–Trinajstić information content (AvgIpc) is 2.41. The summed E-state index contributed by atoms with van der Waals surface area (Å²) >= 11 is 0. The van der Waals surface area contributed by atoms with Gasteiger partial charge in [-0.3, -0.25) is 0 Å². The van der Waals surface area contributed by atoms with Gasteiger partial charge in [-0.1, -0.05) is 31.8 Å². The SMILES string of the molecule is C=CC.CC(C)CC(C)(C#CC(C)(C)OCCO)OCCO. The van der Waals surface area contributed by atoms with Gasteiger partial charge >= 0.3 is 0 Å². The van der Waals surface area contributed by atoms with Crippen molar-refractivity contribution in [3.63, 3.8) is 0 Å². The zero-order valence-electron chi connectivity index (χ0n) is 15.1. The molecule has 0 rings (SSSR count). The van der Waals surface area contributed by atoms with Crippen LogP contribution >= 0.6 is 0 Å². The van der Waals surface area contributed by atoms with E-state index in [1.54, 1.807) is 6.08 Å². The summed E-state index contributed by atoms with van der Waals surface area (Å²) in [6.07, 6.45) is 2.54. The normalized spacial score (nSPS) is 13.5. The number of rotatable bonds is 8. The lowest BCUT2D eigenvalue weighted by atomic mass is 9.93. The van der Waals surface area contributed by atoms with E-state index in [0.717, 1.165) is 6.42 Å². The fourth-order valence-corrected chi connectivity index (χ4v) is 1.82. The van der Waals surface area contributed by atoms with Crippen molar-refractivity contribution in [2.45, 2.75) is 59.2 Å². The number of aliphatic hydroxyl groups is 2. The number of ether oxygens (including phenoxy) is 2. The van der Waals surface area contributed by atoms with Crippen molar-refractivity contribution in [2.24, 2.45) is 5.92 Å². The summed E-state index contributed by atoms with van der Waals surface area (Å²) in [6, 6.07) is 0. The van der Waals surface area contributed by atoms with Crippen molar-refractivity contribution < 1.29 is 19.7 Å². The smallest absolute Gasteiger partial charge is 0.126 e. The zero-order valence-corrected chi connectivity index (χ0v) is 15.1. The second kappa shape index (κ2) is 12.7. The lowest BCUT2D eigenvalue weighted by Crippen LogP contribution is -2.32. The molecule has 0 radical (unpaired) electrons. The Morgan fingerprint density at radius 3 is 1.91 bits per heavy atom. The molecule has 130 valence electrons. The summed E-state index contributed by atoms with van der Waals surface area (Å²) in [4.78, 5) is 0. The number of hydrogen-bond donors (Lipinski definition) is 2. The third-order valence-corrected chi connectivity index (χ3v) is 2.49. The monoisotopic (exact) mass is 314 g/mol. The van der Waals surface area contributed by atoms with Crippen LogP contribution in [-0.4, -0.2) is 47.8 Å². The molecule has 0 aromatic rings. The van der Waals surface area contributed by atoms with Gasteiger partial charge in [-0.2, -0.15) is 0 Å². The standard InChI is InChI=1S/C15H28O4.C3H6/c1-13(2)12-15(5,19-11-9-17)7-6-14(3,4)18-10-8-16;1-3-2/h13,16-17H,8-12H2,1-5H3;3H,1H2,2H3. The minimum atomic E-state index is -0.621. The molecule has 1 atom stereocenters. The van der Waals surface area contributed by atoms with Crippen LogP contribution in [0.5, 0.6) is 0 Å². The lowest BCUT2D eigenvalue weighted by Gasteiger charge is -2.27. The van der Waals surface area contributed by atoms with Gasteiger partial charge in [0.2, 0.25) is 0 Å². The Labute approximate surface area is 136 Å². The molecule has 0 amide bonds. The van der Waals surface area contributed by atoms with Crippen LogP contribution in [0.3, 0.4) is 0 Å². The fraction of sp³-hybridized carbons (Fsp3) is 0.778. The first kappa shape index (κ1) is 23.4. The third kappa shape index (κ3) is 14.1. The molecule has 0 aliphatic rings. The Morgan fingerprint density at radius 1 is 1.05 bits per heavy atom. The van der Waals surface area contributed by atoms with Gasteiger partial charge in [-0.05, 0) is 40.0 Å². The summed E-state index contributed by atoms with van der Waals surface area (Å²) in [5.74, 6) is 6.62. The largest absolute Gasteiger partial charge is 0.394 e. The van der Waals surface area contributed by atoms with E-state index in [1.807, 2.05) is 27.7 Å². The van der Waals surface area contributed by atoms with Crippen LogP contribution in [0, 0.1) is 17.8 Å². The van der Waals surface area contributed by atoms with Gasteiger partial charge in [-0.15, -0.1) is 6.58 Å². The first-order valence-corrected chi connectivity index (χ1v) is 7.77. The fourth-order valence-electron chi connectivity index (χ4n) is 1.82. The Balaban J connectivity index is 0. The maximum Gasteiger partial charge on any atom is 0.126 e. The minimum Gasteiger partial charge on any atom is -0.394 e. The highest BCUT2D eigenvalue weighted by Gasteiger charge is 2.25. The van der Waals surface area contributed by atoms with Gasteiger partial charge in [0.1, 0.15) is 11.2 Å². The van der Waals surface area contributed by atoms with Gasteiger partial charge in [-0.25, -0.2) is 0 Å². The van der Waals surface area contributed by atoms with Crippen molar-refractivity contribution in [2.75, 3.05) is 26.4 Å². The van der Waals surface area contributed by atoms with Crippen LogP contribution in [0.25, 0.3) is 0 Å². The predicted molar refractivity (Wildman–Crippen MR) is 91.7 cm³/mol. The van der Waals surface area contributed by atoms with Gasteiger partial charge in [0.25, 0.3) is 0 Å². The molecule has 0 saturated carbocycles. The molecule has 1 unspecified atom stereocenters. The summed E-state index contributed by atoms with van der Waals surface area (Å²) in [6.45, 7) is 15.6. The molecule has 0 aromatic carbocycles. The van der Waals surface area contributed by atoms with E-state index < -0.39 is 11.2 Å². The van der Waals surface area contributed by atoms with Gasteiger partial charge in [0, 0.05) is 0 Å². The van der Waals surface area contributed by atoms with Crippen molar-refractivity contribution in [3.05, 3.63) is 12.7 Å². The molecule has 4 nitrogen and oxygen atoms in total. The first-order chi connectivity index (χ1) is 10.2.